The lowest BCUT2D eigenvalue weighted by Gasteiger charge is -2.16. The van der Waals surface area contributed by atoms with Crippen molar-refractivity contribution in [2.75, 3.05) is 0 Å². The molecule has 0 spiro atoms. The van der Waals surface area contributed by atoms with Crippen LogP contribution in [0.1, 0.15) is 23.1 Å². The average Bonchev–Trinajstić information content (AvgIpc) is 2.76. The standard InChI is InChI=1S/C22H19Br/c1-15-12-13-17(23)14-22(15)21-11-5-10-19-18-8-3-2-6-16(18)7-4-9-20(19)21/h2-3,5-6,8,10-14H,4,7,9H2,1H3. The Labute approximate surface area is 146 Å². The molecule has 0 aromatic heterocycles. The molecule has 3 aromatic carbocycles. The SMILES string of the molecule is Cc1ccc(Br)cc1-c1cccc2c1CCCc1ccccc1-2. The van der Waals surface area contributed by atoms with E-state index < -0.39 is 0 Å². The molecule has 0 N–H and O–H groups in total. The minimum Gasteiger partial charge on any atom is -0.0620 e. The minimum atomic E-state index is 1.14. The first kappa shape index (κ1) is 14.7. The van der Waals surface area contributed by atoms with Crippen LogP contribution >= 0.6 is 15.9 Å². The number of hydrogen-bond donors (Lipinski definition) is 0. The molecule has 0 fully saturated rings. The third-order valence-electron chi connectivity index (χ3n) is 4.85. The van der Waals surface area contributed by atoms with Gasteiger partial charge in [0.05, 0.1) is 0 Å². The van der Waals surface area contributed by atoms with Gasteiger partial charge in [-0.15, -0.1) is 0 Å². The van der Waals surface area contributed by atoms with Crippen molar-refractivity contribution in [3.63, 3.8) is 0 Å². The Kier molecular flexibility index (Phi) is 3.82. The summed E-state index contributed by atoms with van der Waals surface area (Å²) in [5.41, 5.74) is 9.87. The molecule has 3 aromatic rings. The summed E-state index contributed by atoms with van der Waals surface area (Å²) in [6.45, 7) is 2.20. The Balaban J connectivity index is 1.98. The molecule has 1 heteroatoms. The topological polar surface area (TPSA) is 0 Å². The van der Waals surface area contributed by atoms with Gasteiger partial charge in [0.1, 0.15) is 0 Å². The third kappa shape index (κ3) is 2.64. The lowest BCUT2D eigenvalue weighted by atomic mass is 9.89. The monoisotopic (exact) mass is 362 g/mol. The molecule has 1 aliphatic rings. The van der Waals surface area contributed by atoms with Crippen LogP contribution in [0.5, 0.6) is 0 Å². The van der Waals surface area contributed by atoms with Crippen LogP contribution in [-0.2, 0) is 12.8 Å². The van der Waals surface area contributed by atoms with E-state index in [4.69, 9.17) is 0 Å². The maximum atomic E-state index is 3.63. The maximum absolute atomic E-state index is 3.63. The van der Waals surface area contributed by atoms with Gasteiger partial charge in [0.15, 0.2) is 0 Å². The first-order valence-electron chi connectivity index (χ1n) is 8.21. The molecule has 0 amide bonds. The second-order valence-corrected chi connectivity index (χ2v) is 7.22. The highest BCUT2D eigenvalue weighted by Crippen LogP contribution is 2.39. The summed E-state index contributed by atoms with van der Waals surface area (Å²) in [7, 11) is 0. The number of halogens is 1. The van der Waals surface area contributed by atoms with Crippen molar-refractivity contribution in [1.82, 2.24) is 0 Å². The molecule has 1 aliphatic carbocycles. The quantitative estimate of drug-likeness (QED) is 0.458. The van der Waals surface area contributed by atoms with Crippen molar-refractivity contribution in [2.24, 2.45) is 0 Å². The summed E-state index contributed by atoms with van der Waals surface area (Å²) < 4.78 is 1.14. The van der Waals surface area contributed by atoms with Gasteiger partial charge in [-0.25, -0.2) is 0 Å². The fourth-order valence-electron chi connectivity index (χ4n) is 3.70. The van der Waals surface area contributed by atoms with Gasteiger partial charge in [-0.3, -0.25) is 0 Å². The van der Waals surface area contributed by atoms with Crippen LogP contribution in [-0.4, -0.2) is 0 Å². The predicted molar refractivity (Wildman–Crippen MR) is 102 cm³/mol. The summed E-state index contributed by atoms with van der Waals surface area (Å²) in [6.07, 6.45) is 3.53. The molecule has 0 atom stereocenters. The Bertz CT molecular complexity index is 877. The molecular weight excluding hydrogens is 344 g/mol. The normalized spacial score (nSPS) is 13.1. The summed E-state index contributed by atoms with van der Waals surface area (Å²) >= 11 is 3.63. The molecule has 4 rings (SSSR count). The molecule has 0 aliphatic heterocycles. The van der Waals surface area contributed by atoms with Crippen molar-refractivity contribution in [3.8, 4) is 22.3 Å². The van der Waals surface area contributed by atoms with Crippen LogP contribution < -0.4 is 0 Å². The number of benzene rings is 3. The molecule has 114 valence electrons. The highest BCUT2D eigenvalue weighted by molar-refractivity contribution is 9.10. The van der Waals surface area contributed by atoms with Crippen molar-refractivity contribution in [2.45, 2.75) is 26.2 Å². The van der Waals surface area contributed by atoms with Gasteiger partial charge in [0.25, 0.3) is 0 Å². The summed E-state index contributed by atoms with van der Waals surface area (Å²) in [5.74, 6) is 0. The van der Waals surface area contributed by atoms with Crippen LogP contribution in [0.4, 0.5) is 0 Å². The Morgan fingerprint density at radius 2 is 1.48 bits per heavy atom. The number of aryl methyl sites for hydroxylation is 2. The molecular formula is C22H19Br. The number of hydrogen-bond acceptors (Lipinski definition) is 0. The molecule has 0 saturated heterocycles. The zero-order valence-corrected chi connectivity index (χ0v) is 14.9. The van der Waals surface area contributed by atoms with Crippen molar-refractivity contribution < 1.29 is 0 Å². The fraction of sp³-hybridized carbons (Fsp3) is 0.182. The van der Waals surface area contributed by atoms with Crippen molar-refractivity contribution >= 4 is 15.9 Å². The minimum absolute atomic E-state index is 1.14. The smallest absolute Gasteiger partial charge is 0.0181 e. The van der Waals surface area contributed by atoms with Gasteiger partial charge in [-0.1, -0.05) is 64.5 Å². The second-order valence-electron chi connectivity index (χ2n) is 6.30. The molecule has 0 saturated carbocycles. The predicted octanol–water partition coefficient (Wildman–Crippen LogP) is 6.58. The molecule has 0 nitrogen and oxygen atoms in total. The summed E-state index contributed by atoms with van der Waals surface area (Å²) in [6, 6.07) is 22.2. The van der Waals surface area contributed by atoms with Crippen molar-refractivity contribution in [1.29, 1.82) is 0 Å². The van der Waals surface area contributed by atoms with E-state index in [9.17, 15) is 0 Å². The Morgan fingerprint density at radius 3 is 2.35 bits per heavy atom. The second kappa shape index (κ2) is 5.98. The van der Waals surface area contributed by atoms with E-state index in [1.807, 2.05) is 0 Å². The number of rotatable bonds is 1. The van der Waals surface area contributed by atoms with E-state index in [0.29, 0.717) is 0 Å². The van der Waals surface area contributed by atoms with E-state index in [1.54, 1.807) is 0 Å². The van der Waals surface area contributed by atoms with E-state index in [1.165, 1.54) is 51.8 Å². The molecule has 0 unspecified atom stereocenters. The number of fused-ring (bicyclic) bond motifs is 3. The molecule has 23 heavy (non-hydrogen) atoms. The van der Waals surface area contributed by atoms with Gasteiger partial charge in [0, 0.05) is 4.47 Å². The highest BCUT2D eigenvalue weighted by atomic mass is 79.9. The average molecular weight is 363 g/mol. The molecule has 0 heterocycles. The van der Waals surface area contributed by atoms with Crippen LogP contribution in [0.3, 0.4) is 0 Å². The van der Waals surface area contributed by atoms with Crippen LogP contribution in [0.15, 0.2) is 65.1 Å². The van der Waals surface area contributed by atoms with Gasteiger partial charge in [0.2, 0.25) is 0 Å². The van der Waals surface area contributed by atoms with Crippen LogP contribution in [0, 0.1) is 6.92 Å². The lowest BCUT2D eigenvalue weighted by Crippen LogP contribution is -1.94. The molecule has 0 bridgehead atoms. The van der Waals surface area contributed by atoms with Crippen LogP contribution in [0.2, 0.25) is 0 Å². The van der Waals surface area contributed by atoms with Gasteiger partial charge in [-0.05, 0) is 77.3 Å². The van der Waals surface area contributed by atoms with Gasteiger partial charge in [-0.2, -0.15) is 0 Å². The first-order valence-corrected chi connectivity index (χ1v) is 9.00. The maximum Gasteiger partial charge on any atom is 0.0181 e. The molecule has 0 radical (unpaired) electrons. The van der Waals surface area contributed by atoms with E-state index in [2.05, 4.69) is 83.5 Å². The van der Waals surface area contributed by atoms with Crippen LogP contribution in [0.25, 0.3) is 22.3 Å². The fourth-order valence-corrected chi connectivity index (χ4v) is 4.06. The van der Waals surface area contributed by atoms with E-state index >= 15 is 0 Å². The Hall–Kier alpha value is -1.86. The summed E-state index contributed by atoms with van der Waals surface area (Å²) in [5, 5.41) is 0. The third-order valence-corrected chi connectivity index (χ3v) is 5.34. The van der Waals surface area contributed by atoms with Gasteiger partial charge >= 0.3 is 0 Å². The van der Waals surface area contributed by atoms with E-state index in [-0.39, 0.29) is 0 Å². The largest absolute Gasteiger partial charge is 0.0620 e. The van der Waals surface area contributed by atoms with Gasteiger partial charge < -0.3 is 0 Å². The first-order chi connectivity index (χ1) is 11.2. The lowest BCUT2D eigenvalue weighted by molar-refractivity contribution is 0.835. The van der Waals surface area contributed by atoms with E-state index in [0.717, 1.165) is 10.9 Å². The highest BCUT2D eigenvalue weighted by Gasteiger charge is 2.18. The zero-order valence-electron chi connectivity index (χ0n) is 13.3. The summed E-state index contributed by atoms with van der Waals surface area (Å²) in [4.78, 5) is 0. The zero-order chi connectivity index (χ0) is 15.8. The Morgan fingerprint density at radius 1 is 0.739 bits per heavy atom. The van der Waals surface area contributed by atoms with Crippen molar-refractivity contribution in [3.05, 3.63) is 81.8 Å².